The Balaban J connectivity index is 1.24. The topological polar surface area (TPSA) is 140 Å². The van der Waals surface area contributed by atoms with Crippen LogP contribution in [0.1, 0.15) is 40.7 Å². The lowest BCUT2D eigenvalue weighted by atomic mass is 10.0. The summed E-state index contributed by atoms with van der Waals surface area (Å²) in [5.41, 5.74) is 1.38. The summed E-state index contributed by atoms with van der Waals surface area (Å²) in [7, 11) is 1.67. The van der Waals surface area contributed by atoms with E-state index in [-0.39, 0.29) is 36.1 Å². The van der Waals surface area contributed by atoms with E-state index in [1.165, 1.54) is 34.8 Å². The van der Waals surface area contributed by atoms with Gasteiger partial charge in [0.2, 0.25) is 11.7 Å². The summed E-state index contributed by atoms with van der Waals surface area (Å²) in [5, 5.41) is 15.1. The van der Waals surface area contributed by atoms with Crippen LogP contribution in [0, 0.1) is 0 Å². The van der Waals surface area contributed by atoms with Crippen molar-refractivity contribution in [3.05, 3.63) is 77.6 Å². The highest BCUT2D eigenvalue weighted by Gasteiger charge is 2.40. The Labute approximate surface area is 241 Å². The number of hydrogen-bond donors (Lipinski definition) is 1. The summed E-state index contributed by atoms with van der Waals surface area (Å²) in [4.78, 5) is 37.5. The molecule has 1 fully saturated rings. The zero-order valence-electron chi connectivity index (χ0n) is 23.0. The molecule has 1 atom stereocenters. The van der Waals surface area contributed by atoms with Crippen LogP contribution in [0.15, 0.2) is 59.1 Å². The molecule has 2 amide bonds. The number of nitrogens with one attached hydrogen (secondary N) is 1. The first kappa shape index (κ1) is 28.0. The average molecular weight is 595 g/mol. The van der Waals surface area contributed by atoms with Gasteiger partial charge < -0.3 is 14.6 Å². The van der Waals surface area contributed by atoms with Crippen molar-refractivity contribution in [2.75, 3.05) is 31.5 Å². The van der Waals surface area contributed by atoms with Crippen molar-refractivity contribution in [2.24, 2.45) is 7.05 Å². The largest absolute Gasteiger partial charge is 0.450 e. The van der Waals surface area contributed by atoms with Crippen molar-refractivity contribution in [1.82, 2.24) is 44.5 Å². The minimum Gasteiger partial charge on any atom is -0.423 e. The van der Waals surface area contributed by atoms with Gasteiger partial charge in [-0.3, -0.25) is 14.5 Å². The smallest absolute Gasteiger partial charge is 0.423 e. The third kappa shape index (κ3) is 5.68. The molecule has 4 heterocycles. The lowest BCUT2D eigenvalue weighted by Gasteiger charge is -2.38. The summed E-state index contributed by atoms with van der Waals surface area (Å²) >= 11 is 0. The molecule has 5 aromatic rings. The van der Waals surface area contributed by atoms with Crippen LogP contribution in [0.25, 0.3) is 17.1 Å². The molecule has 1 aliphatic rings. The van der Waals surface area contributed by atoms with Crippen LogP contribution in [0.3, 0.4) is 0 Å². The number of aromatic nitrogens is 7. The molecule has 13 nitrogen and oxygen atoms in total. The van der Waals surface area contributed by atoms with Crippen LogP contribution in [0.2, 0.25) is 0 Å². The number of nitrogens with zero attached hydrogens (tertiary/aromatic N) is 9. The Morgan fingerprint density at radius 2 is 1.77 bits per heavy atom. The third-order valence-corrected chi connectivity index (χ3v) is 6.93. The molecular weight excluding hydrogens is 569 g/mol. The van der Waals surface area contributed by atoms with Gasteiger partial charge in [-0.25, -0.2) is 9.55 Å². The number of benzene rings is 2. The SMILES string of the molecule is CC(=O)Nc1ccc2oc(-n3cc(C(=O)N4CCN(C(c5ccccc5)c5nnn(C)n5)CC4)nc3C(F)(F)F)nc2c1. The molecule has 1 unspecified atom stereocenters. The van der Waals surface area contributed by atoms with Gasteiger partial charge in [-0.2, -0.15) is 23.0 Å². The lowest BCUT2D eigenvalue weighted by Crippen LogP contribution is -2.50. The molecule has 1 N–H and O–H groups in total. The number of hydrogen-bond acceptors (Lipinski definition) is 9. The van der Waals surface area contributed by atoms with Crippen LogP contribution in [0.4, 0.5) is 18.9 Å². The maximum Gasteiger partial charge on any atom is 0.450 e. The van der Waals surface area contributed by atoms with E-state index in [1.54, 1.807) is 7.05 Å². The second-order valence-corrected chi connectivity index (χ2v) is 9.96. The summed E-state index contributed by atoms with van der Waals surface area (Å²) in [6.45, 7) is 2.64. The van der Waals surface area contributed by atoms with Crippen molar-refractivity contribution < 1.29 is 27.2 Å². The van der Waals surface area contributed by atoms with Gasteiger partial charge in [0, 0.05) is 45.0 Å². The van der Waals surface area contributed by atoms with Crippen molar-refractivity contribution in [1.29, 1.82) is 0 Å². The summed E-state index contributed by atoms with van der Waals surface area (Å²) in [6.07, 6.45) is -3.92. The van der Waals surface area contributed by atoms with Crippen LogP contribution < -0.4 is 5.32 Å². The highest BCUT2D eigenvalue weighted by Crippen LogP contribution is 2.33. The molecule has 16 heteroatoms. The molecule has 43 heavy (non-hydrogen) atoms. The maximum atomic E-state index is 14.0. The number of carbonyl (C=O) groups excluding carboxylic acids is 2. The van der Waals surface area contributed by atoms with Crippen molar-refractivity contribution >= 4 is 28.6 Å². The zero-order chi connectivity index (χ0) is 30.3. The summed E-state index contributed by atoms with van der Waals surface area (Å²) in [6, 6.07) is 13.4. The van der Waals surface area contributed by atoms with E-state index in [2.05, 4.69) is 35.6 Å². The average Bonchev–Trinajstić information content (AvgIpc) is 3.71. The van der Waals surface area contributed by atoms with Gasteiger partial charge in [0.05, 0.1) is 13.1 Å². The molecule has 0 saturated carbocycles. The number of tetrazole rings is 1. The number of fused-ring (bicyclic) bond motifs is 1. The number of halogens is 3. The fraction of sp³-hybridized carbons (Fsp3) is 0.296. The number of alkyl halides is 3. The third-order valence-electron chi connectivity index (χ3n) is 6.93. The molecule has 0 aliphatic carbocycles. The first-order valence-electron chi connectivity index (χ1n) is 13.2. The van der Waals surface area contributed by atoms with E-state index in [4.69, 9.17) is 4.42 Å². The Morgan fingerprint density at radius 3 is 2.42 bits per heavy atom. The van der Waals surface area contributed by atoms with Gasteiger partial charge >= 0.3 is 12.2 Å². The van der Waals surface area contributed by atoms with Crippen molar-refractivity contribution in [3.8, 4) is 6.01 Å². The predicted octanol–water partition coefficient (Wildman–Crippen LogP) is 3.06. The zero-order valence-corrected chi connectivity index (χ0v) is 23.0. The Morgan fingerprint density at radius 1 is 1.02 bits per heavy atom. The quantitative estimate of drug-likeness (QED) is 0.314. The summed E-state index contributed by atoms with van der Waals surface area (Å²) < 4.78 is 48.3. The second-order valence-electron chi connectivity index (χ2n) is 9.96. The van der Waals surface area contributed by atoms with Crippen LogP contribution in [0.5, 0.6) is 0 Å². The van der Waals surface area contributed by atoms with Gasteiger partial charge in [0.1, 0.15) is 11.2 Å². The molecule has 1 saturated heterocycles. The number of rotatable bonds is 6. The Hall–Kier alpha value is -5.12. The predicted molar refractivity (Wildman–Crippen MR) is 145 cm³/mol. The molecule has 0 bridgehead atoms. The normalized spacial score (nSPS) is 15.1. The first-order chi connectivity index (χ1) is 20.6. The molecule has 0 spiro atoms. The minimum atomic E-state index is -4.90. The summed E-state index contributed by atoms with van der Waals surface area (Å²) in [5.74, 6) is -1.81. The maximum absolute atomic E-state index is 14.0. The van der Waals surface area contributed by atoms with E-state index >= 15 is 0 Å². The van der Waals surface area contributed by atoms with E-state index in [0.29, 0.717) is 29.2 Å². The molecule has 6 rings (SSSR count). The molecular formula is C27H25F3N10O3. The number of oxazole rings is 1. The molecule has 1 aliphatic heterocycles. The highest BCUT2D eigenvalue weighted by atomic mass is 19.4. The van der Waals surface area contributed by atoms with Gasteiger partial charge in [-0.1, -0.05) is 30.3 Å². The number of amides is 2. The van der Waals surface area contributed by atoms with Gasteiger partial charge in [-0.15, -0.1) is 10.2 Å². The molecule has 2 aromatic carbocycles. The van der Waals surface area contributed by atoms with Crippen molar-refractivity contribution in [3.63, 3.8) is 0 Å². The Bertz CT molecular complexity index is 1790. The second kappa shape index (κ2) is 10.9. The highest BCUT2D eigenvalue weighted by molar-refractivity contribution is 5.93. The monoisotopic (exact) mass is 594 g/mol. The molecule has 3 aromatic heterocycles. The number of aryl methyl sites for hydroxylation is 1. The van der Waals surface area contributed by atoms with Crippen LogP contribution >= 0.6 is 0 Å². The Kier molecular flexibility index (Phi) is 7.13. The fourth-order valence-electron chi connectivity index (χ4n) is 5.04. The molecule has 0 radical (unpaired) electrons. The number of piperazine rings is 1. The standard InChI is InChI=1S/C27H25F3N10O3/c1-16(41)31-18-8-9-21-19(14-18)33-26(43-21)40-15-20(32-25(40)27(28,29)30)24(42)39-12-10-38(11-13-39)22(17-6-4-3-5-7-17)23-34-36-37(2)35-23/h3-9,14-15,22H,10-13H2,1-2H3,(H,31,41). The van der Waals surface area contributed by atoms with E-state index in [9.17, 15) is 22.8 Å². The van der Waals surface area contributed by atoms with Crippen molar-refractivity contribution in [2.45, 2.75) is 19.1 Å². The first-order valence-corrected chi connectivity index (χ1v) is 13.2. The van der Waals surface area contributed by atoms with Gasteiger partial charge in [-0.05, 0) is 29.0 Å². The number of imidazole rings is 1. The number of anilines is 1. The van der Waals surface area contributed by atoms with Gasteiger partial charge in [0.25, 0.3) is 5.91 Å². The van der Waals surface area contributed by atoms with E-state index in [1.807, 2.05) is 30.3 Å². The van der Waals surface area contributed by atoms with Crippen LogP contribution in [-0.2, 0) is 18.0 Å². The lowest BCUT2D eigenvalue weighted by molar-refractivity contribution is -0.146. The fourth-order valence-corrected chi connectivity index (χ4v) is 5.04. The van der Waals surface area contributed by atoms with E-state index < -0.39 is 29.6 Å². The van der Waals surface area contributed by atoms with Gasteiger partial charge in [0.15, 0.2) is 11.4 Å². The van der Waals surface area contributed by atoms with E-state index in [0.717, 1.165) is 11.8 Å². The minimum absolute atomic E-state index is 0.195. The number of carbonyl (C=O) groups is 2. The molecule has 222 valence electrons. The van der Waals surface area contributed by atoms with Crippen LogP contribution in [-0.4, -0.2) is 82.5 Å².